The van der Waals surface area contributed by atoms with E-state index in [1.807, 2.05) is 13.8 Å². The fraction of sp³-hybridized carbons (Fsp3) is 0.737. The van der Waals surface area contributed by atoms with E-state index in [9.17, 15) is 14.4 Å². The van der Waals surface area contributed by atoms with Crippen LogP contribution in [0.1, 0.15) is 41.5 Å². The number of carbonyl (C=O) groups excluding carboxylic acids is 2. The lowest BCUT2D eigenvalue weighted by Crippen LogP contribution is -2.45. The lowest BCUT2D eigenvalue weighted by Gasteiger charge is -2.29. The van der Waals surface area contributed by atoms with Gasteiger partial charge in [0.05, 0.1) is 6.04 Å². The summed E-state index contributed by atoms with van der Waals surface area (Å²) in [6, 6.07) is -0.376. The molecule has 0 bridgehead atoms. The van der Waals surface area contributed by atoms with Crippen molar-refractivity contribution >= 4 is 25.9 Å². The maximum Gasteiger partial charge on any atom is 0.408 e. The molecule has 7 nitrogen and oxygen atoms in total. The second-order valence-corrected chi connectivity index (χ2v) is 10.8. The standard InChI is InChI=1S/C16H28N2O5.C3H9P/c1-10(2)12(8-11(3)14(20)21)18(7)13(19)9-17-15(22)23-16(4,5)6;1-4(2)3/h8,10,12H,9H2,1-7H3,(H,17,22)(H,20,21);1-3H3/b11-8+;. The molecule has 0 rings (SSSR count). The van der Waals surface area contributed by atoms with Crippen LogP contribution >= 0.6 is 7.92 Å². The second-order valence-electron chi connectivity index (χ2n) is 8.09. The van der Waals surface area contributed by atoms with Gasteiger partial charge in [-0.15, -0.1) is 7.92 Å². The Labute approximate surface area is 165 Å². The van der Waals surface area contributed by atoms with Gasteiger partial charge < -0.3 is 20.1 Å². The molecule has 1 unspecified atom stereocenters. The Morgan fingerprint density at radius 2 is 1.63 bits per heavy atom. The summed E-state index contributed by atoms with van der Waals surface area (Å²) < 4.78 is 5.06. The van der Waals surface area contributed by atoms with Gasteiger partial charge in [-0.05, 0) is 53.6 Å². The van der Waals surface area contributed by atoms with Crippen molar-refractivity contribution in [3.8, 4) is 0 Å². The van der Waals surface area contributed by atoms with E-state index in [-0.39, 0.29) is 30.0 Å². The number of hydrogen-bond acceptors (Lipinski definition) is 4. The van der Waals surface area contributed by atoms with Crippen LogP contribution in [0.25, 0.3) is 0 Å². The number of alkyl carbamates (subject to hydrolysis) is 1. The number of amides is 2. The third kappa shape index (κ3) is 15.2. The average Bonchev–Trinajstić information content (AvgIpc) is 2.46. The number of aliphatic carboxylic acids is 1. The first kappa shape index (κ1) is 27.6. The van der Waals surface area contributed by atoms with Gasteiger partial charge in [0.25, 0.3) is 0 Å². The van der Waals surface area contributed by atoms with Crippen molar-refractivity contribution in [2.75, 3.05) is 33.6 Å². The molecule has 2 amide bonds. The summed E-state index contributed by atoms with van der Waals surface area (Å²) in [5.41, 5.74) is -0.468. The number of ether oxygens (including phenoxy) is 1. The lowest BCUT2D eigenvalue weighted by molar-refractivity contribution is -0.133. The van der Waals surface area contributed by atoms with Crippen molar-refractivity contribution in [3.05, 3.63) is 11.6 Å². The summed E-state index contributed by atoms with van der Waals surface area (Å²) in [4.78, 5) is 36.1. The van der Waals surface area contributed by atoms with Crippen LogP contribution in [-0.4, -0.2) is 73.2 Å². The Morgan fingerprint density at radius 1 is 1.19 bits per heavy atom. The minimum atomic E-state index is -1.02. The Kier molecular flexibility index (Phi) is 13.0. The quantitative estimate of drug-likeness (QED) is 0.523. The zero-order valence-electron chi connectivity index (χ0n) is 18.4. The fourth-order valence-electron chi connectivity index (χ4n) is 1.83. The van der Waals surface area contributed by atoms with Crippen LogP contribution < -0.4 is 5.32 Å². The molecule has 2 N–H and O–H groups in total. The van der Waals surface area contributed by atoms with E-state index in [1.165, 1.54) is 11.8 Å². The van der Waals surface area contributed by atoms with E-state index in [2.05, 4.69) is 25.3 Å². The average molecular weight is 404 g/mol. The maximum absolute atomic E-state index is 12.2. The highest BCUT2D eigenvalue weighted by molar-refractivity contribution is 7.55. The molecule has 0 aliphatic heterocycles. The van der Waals surface area contributed by atoms with E-state index in [0.29, 0.717) is 7.92 Å². The molecular weight excluding hydrogens is 367 g/mol. The Bertz CT molecular complexity index is 522. The topological polar surface area (TPSA) is 95.9 Å². The highest BCUT2D eigenvalue weighted by atomic mass is 31.1. The Balaban J connectivity index is 0. The van der Waals surface area contributed by atoms with Crippen molar-refractivity contribution in [1.29, 1.82) is 0 Å². The van der Waals surface area contributed by atoms with Gasteiger partial charge in [0, 0.05) is 12.6 Å². The van der Waals surface area contributed by atoms with Gasteiger partial charge in [0.1, 0.15) is 12.1 Å². The largest absolute Gasteiger partial charge is 0.478 e. The zero-order chi connectivity index (χ0) is 21.9. The molecule has 8 heteroatoms. The van der Waals surface area contributed by atoms with Gasteiger partial charge >= 0.3 is 12.1 Å². The molecule has 158 valence electrons. The van der Waals surface area contributed by atoms with Crippen LogP contribution in [0.2, 0.25) is 0 Å². The molecule has 0 heterocycles. The lowest BCUT2D eigenvalue weighted by atomic mass is 10.00. The Hall–Kier alpha value is -1.62. The minimum Gasteiger partial charge on any atom is -0.478 e. The number of hydrogen-bond donors (Lipinski definition) is 2. The van der Waals surface area contributed by atoms with E-state index in [1.54, 1.807) is 33.9 Å². The summed E-state index contributed by atoms with van der Waals surface area (Å²) in [6.45, 7) is 16.9. The molecule has 0 saturated carbocycles. The Morgan fingerprint density at radius 3 is 1.96 bits per heavy atom. The summed E-state index contributed by atoms with van der Waals surface area (Å²) in [5, 5.41) is 11.4. The van der Waals surface area contributed by atoms with E-state index < -0.39 is 17.7 Å². The number of nitrogens with one attached hydrogen (secondary N) is 1. The number of rotatable bonds is 6. The van der Waals surface area contributed by atoms with Crippen molar-refractivity contribution < 1.29 is 24.2 Å². The normalized spacial score (nSPS) is 12.8. The predicted molar refractivity (Wildman–Crippen MR) is 112 cm³/mol. The highest BCUT2D eigenvalue weighted by Crippen LogP contribution is 2.15. The van der Waals surface area contributed by atoms with Crippen LogP contribution in [0.4, 0.5) is 4.79 Å². The zero-order valence-corrected chi connectivity index (χ0v) is 19.3. The van der Waals surface area contributed by atoms with Crippen molar-refractivity contribution in [1.82, 2.24) is 10.2 Å². The molecular formula is C19H37N2O5P. The third-order valence-electron chi connectivity index (χ3n) is 3.06. The molecule has 0 saturated heterocycles. The van der Waals surface area contributed by atoms with Gasteiger partial charge in [-0.3, -0.25) is 4.79 Å². The molecule has 0 aromatic carbocycles. The van der Waals surface area contributed by atoms with Crippen molar-refractivity contribution in [2.24, 2.45) is 5.92 Å². The number of carbonyl (C=O) groups is 3. The van der Waals surface area contributed by atoms with Crippen LogP contribution in [-0.2, 0) is 14.3 Å². The van der Waals surface area contributed by atoms with E-state index in [4.69, 9.17) is 9.84 Å². The summed E-state index contributed by atoms with van der Waals surface area (Å²) in [5.74, 6) is -1.33. The first-order chi connectivity index (χ1) is 12.1. The van der Waals surface area contributed by atoms with Crippen molar-refractivity contribution in [3.63, 3.8) is 0 Å². The van der Waals surface area contributed by atoms with Crippen LogP contribution in [0.3, 0.4) is 0 Å². The summed E-state index contributed by atoms with van der Waals surface area (Å²) >= 11 is 0. The SMILES string of the molecule is C/C(=C\C(C(C)C)N(C)C(=O)CNC(=O)OC(C)(C)C)C(=O)O.CP(C)C. The van der Waals surface area contributed by atoms with Crippen LogP contribution in [0, 0.1) is 5.92 Å². The smallest absolute Gasteiger partial charge is 0.408 e. The number of carboxylic acid groups (broad SMARTS) is 1. The molecule has 0 spiro atoms. The van der Waals surface area contributed by atoms with Gasteiger partial charge in [0.2, 0.25) is 5.91 Å². The molecule has 27 heavy (non-hydrogen) atoms. The monoisotopic (exact) mass is 404 g/mol. The van der Waals surface area contributed by atoms with Gasteiger partial charge in [-0.1, -0.05) is 19.9 Å². The first-order valence-corrected chi connectivity index (χ1v) is 11.5. The molecule has 0 radical (unpaired) electrons. The highest BCUT2D eigenvalue weighted by Gasteiger charge is 2.23. The predicted octanol–water partition coefficient (Wildman–Crippen LogP) is 3.38. The number of likely N-dealkylation sites (N-methyl/N-ethyl adjacent to an activating group) is 1. The molecule has 1 atom stereocenters. The van der Waals surface area contributed by atoms with Crippen molar-refractivity contribution in [2.45, 2.75) is 53.2 Å². The number of carboxylic acids is 1. The van der Waals surface area contributed by atoms with Crippen LogP contribution in [0.5, 0.6) is 0 Å². The van der Waals surface area contributed by atoms with Gasteiger partial charge in [-0.25, -0.2) is 9.59 Å². The minimum absolute atomic E-state index is 0.0276. The summed E-state index contributed by atoms with van der Waals surface area (Å²) in [6.07, 6.45) is 0.871. The molecule has 0 aromatic heterocycles. The first-order valence-electron chi connectivity index (χ1n) is 8.83. The van der Waals surface area contributed by atoms with E-state index >= 15 is 0 Å². The van der Waals surface area contributed by atoms with E-state index in [0.717, 1.165) is 0 Å². The van der Waals surface area contributed by atoms with Gasteiger partial charge in [-0.2, -0.15) is 0 Å². The molecule has 0 aliphatic rings. The number of nitrogens with zero attached hydrogens (tertiary/aromatic N) is 1. The maximum atomic E-state index is 12.2. The second kappa shape index (κ2) is 12.7. The summed E-state index contributed by atoms with van der Waals surface area (Å²) in [7, 11) is 1.96. The van der Waals surface area contributed by atoms with Crippen LogP contribution in [0.15, 0.2) is 11.6 Å². The molecule has 0 aliphatic carbocycles. The third-order valence-corrected chi connectivity index (χ3v) is 3.06. The molecule has 0 aromatic rings. The molecule has 0 fully saturated rings. The van der Waals surface area contributed by atoms with Gasteiger partial charge in [0.15, 0.2) is 0 Å². The fourth-order valence-corrected chi connectivity index (χ4v) is 1.83.